The second-order valence-corrected chi connectivity index (χ2v) is 6.77. The normalized spacial score (nSPS) is 11.1. The van der Waals surface area contributed by atoms with E-state index >= 15 is 0 Å². The number of hydrogen-bond acceptors (Lipinski definition) is 4. The lowest BCUT2D eigenvalue weighted by Crippen LogP contribution is -2.36. The van der Waals surface area contributed by atoms with Gasteiger partial charge in [-0.15, -0.1) is 35.3 Å². The van der Waals surface area contributed by atoms with Gasteiger partial charge >= 0.3 is 0 Å². The van der Waals surface area contributed by atoms with Crippen molar-refractivity contribution in [3.63, 3.8) is 0 Å². The molecule has 3 aromatic rings. The number of anilines is 1. The van der Waals surface area contributed by atoms with Crippen molar-refractivity contribution < 1.29 is 0 Å². The molecule has 0 amide bonds. The molecule has 3 rings (SSSR count). The summed E-state index contributed by atoms with van der Waals surface area (Å²) < 4.78 is 0. The molecule has 0 fully saturated rings. The van der Waals surface area contributed by atoms with E-state index in [0.717, 1.165) is 23.3 Å². The summed E-state index contributed by atoms with van der Waals surface area (Å²) in [7, 11) is 5.78. The van der Waals surface area contributed by atoms with E-state index in [4.69, 9.17) is 0 Å². The number of benzene rings is 2. The first kappa shape index (κ1) is 20.4. The Morgan fingerprint density at radius 3 is 2.54 bits per heavy atom. The molecule has 0 atom stereocenters. The van der Waals surface area contributed by atoms with Gasteiger partial charge in [-0.25, -0.2) is 4.98 Å². The van der Waals surface area contributed by atoms with Crippen molar-refractivity contribution >= 4 is 57.2 Å². The van der Waals surface area contributed by atoms with Gasteiger partial charge in [0.2, 0.25) is 0 Å². The zero-order chi connectivity index (χ0) is 17.6. The third-order valence-corrected chi connectivity index (χ3v) is 4.97. The molecule has 0 spiro atoms. The number of nitrogens with one attached hydrogen (secondary N) is 2. The molecule has 2 aromatic carbocycles. The number of halogens is 1. The number of aliphatic imine (C=N–C) groups is 1. The molecule has 0 saturated heterocycles. The van der Waals surface area contributed by atoms with Gasteiger partial charge in [0.25, 0.3) is 0 Å². The van der Waals surface area contributed by atoms with E-state index < -0.39 is 0 Å². The van der Waals surface area contributed by atoms with Crippen LogP contribution in [0.1, 0.15) is 11.3 Å². The highest BCUT2D eigenvalue weighted by molar-refractivity contribution is 14.0. The highest BCUT2D eigenvalue weighted by Crippen LogP contribution is 2.19. The van der Waals surface area contributed by atoms with Gasteiger partial charge in [-0.1, -0.05) is 42.5 Å². The maximum Gasteiger partial charge on any atom is 0.191 e. The monoisotopic (exact) mass is 481 g/mol. The van der Waals surface area contributed by atoms with Gasteiger partial charge in [0.05, 0.1) is 12.2 Å². The molecule has 7 heteroatoms. The second kappa shape index (κ2) is 9.72. The minimum atomic E-state index is 0. The first-order chi connectivity index (χ1) is 12.2. The van der Waals surface area contributed by atoms with Crippen LogP contribution in [-0.4, -0.2) is 32.1 Å². The van der Waals surface area contributed by atoms with Crippen molar-refractivity contribution in [3.8, 4) is 0 Å². The van der Waals surface area contributed by atoms with E-state index in [2.05, 4.69) is 68.5 Å². The average molecular weight is 481 g/mol. The van der Waals surface area contributed by atoms with Crippen molar-refractivity contribution in [2.24, 2.45) is 4.99 Å². The molecule has 5 nitrogen and oxygen atoms in total. The van der Waals surface area contributed by atoms with Gasteiger partial charge in [-0.3, -0.25) is 4.99 Å². The second-order valence-electron chi connectivity index (χ2n) is 5.93. The predicted molar refractivity (Wildman–Crippen MR) is 123 cm³/mol. The topological polar surface area (TPSA) is 52.6 Å². The molecule has 1 heterocycles. The molecule has 0 radical (unpaired) electrons. The summed E-state index contributed by atoms with van der Waals surface area (Å²) in [6.07, 6.45) is 0. The minimum absolute atomic E-state index is 0. The first-order valence-electron chi connectivity index (χ1n) is 8.20. The van der Waals surface area contributed by atoms with Crippen molar-refractivity contribution in [1.82, 2.24) is 15.6 Å². The van der Waals surface area contributed by atoms with E-state index in [0.29, 0.717) is 6.54 Å². The molecular formula is C19H24IN5S. The maximum absolute atomic E-state index is 4.57. The lowest BCUT2D eigenvalue weighted by atomic mass is 10.0. The van der Waals surface area contributed by atoms with E-state index in [1.165, 1.54) is 16.3 Å². The Morgan fingerprint density at radius 1 is 1.08 bits per heavy atom. The third-order valence-electron chi connectivity index (χ3n) is 3.91. The summed E-state index contributed by atoms with van der Waals surface area (Å²) in [4.78, 5) is 10.9. The minimum Gasteiger partial charge on any atom is -0.354 e. The van der Waals surface area contributed by atoms with Crippen LogP contribution in [0.2, 0.25) is 0 Å². The predicted octanol–water partition coefficient (Wildman–Crippen LogP) is 3.85. The SMILES string of the molecule is CN=C(NCc1csc(N(C)C)n1)NCc1cccc2ccccc12.I. The summed E-state index contributed by atoms with van der Waals surface area (Å²) in [6.45, 7) is 1.38. The van der Waals surface area contributed by atoms with Crippen molar-refractivity contribution in [3.05, 3.63) is 59.1 Å². The highest BCUT2D eigenvalue weighted by atomic mass is 127. The average Bonchev–Trinajstić information content (AvgIpc) is 3.11. The van der Waals surface area contributed by atoms with Crippen LogP contribution in [0, 0.1) is 0 Å². The van der Waals surface area contributed by atoms with Crippen LogP contribution in [-0.2, 0) is 13.1 Å². The zero-order valence-corrected chi connectivity index (χ0v) is 18.3. The fraction of sp³-hybridized carbons (Fsp3) is 0.263. The summed E-state index contributed by atoms with van der Waals surface area (Å²) in [5, 5.41) is 12.3. The number of aromatic nitrogens is 1. The van der Waals surface area contributed by atoms with E-state index in [1.807, 2.05) is 19.0 Å². The Hall–Kier alpha value is -1.87. The van der Waals surface area contributed by atoms with Gasteiger partial charge < -0.3 is 15.5 Å². The molecule has 1 aromatic heterocycles. The molecule has 0 saturated carbocycles. The Labute approximate surface area is 175 Å². The summed E-state index contributed by atoms with van der Waals surface area (Å²) in [5.74, 6) is 0.771. The molecule has 0 aliphatic carbocycles. The van der Waals surface area contributed by atoms with Crippen LogP contribution in [0.5, 0.6) is 0 Å². The summed E-state index contributed by atoms with van der Waals surface area (Å²) >= 11 is 1.64. The number of nitrogens with zero attached hydrogens (tertiary/aromatic N) is 3. The molecule has 138 valence electrons. The highest BCUT2D eigenvalue weighted by Gasteiger charge is 2.06. The van der Waals surface area contributed by atoms with E-state index in [9.17, 15) is 0 Å². The van der Waals surface area contributed by atoms with Gasteiger partial charge in [-0.2, -0.15) is 0 Å². The van der Waals surface area contributed by atoms with Crippen LogP contribution in [0.15, 0.2) is 52.8 Å². The fourth-order valence-corrected chi connectivity index (χ4v) is 3.36. The first-order valence-corrected chi connectivity index (χ1v) is 9.08. The standard InChI is InChI=1S/C19H23N5S.HI/c1-20-18(22-12-16-13-25-19(23-16)24(2)3)21-11-15-9-6-8-14-7-4-5-10-17(14)15;/h4-10,13H,11-12H2,1-3H3,(H2,20,21,22);1H. The molecule has 0 aliphatic rings. The van der Waals surface area contributed by atoms with E-state index in [-0.39, 0.29) is 24.0 Å². The van der Waals surface area contributed by atoms with Crippen molar-refractivity contribution in [1.29, 1.82) is 0 Å². The number of rotatable bonds is 5. The molecule has 2 N–H and O–H groups in total. The lowest BCUT2D eigenvalue weighted by molar-refractivity contribution is 0.799. The number of hydrogen-bond donors (Lipinski definition) is 2. The van der Waals surface area contributed by atoms with Crippen molar-refractivity contribution in [2.45, 2.75) is 13.1 Å². The molecule has 0 unspecified atom stereocenters. The van der Waals surface area contributed by atoms with Crippen LogP contribution >= 0.6 is 35.3 Å². The number of guanidine groups is 1. The molecule has 0 bridgehead atoms. The Kier molecular flexibility index (Phi) is 7.65. The van der Waals surface area contributed by atoms with Gasteiger partial charge in [-0.05, 0) is 16.3 Å². The largest absolute Gasteiger partial charge is 0.354 e. The molecule has 0 aliphatic heterocycles. The van der Waals surface area contributed by atoms with Crippen LogP contribution < -0.4 is 15.5 Å². The van der Waals surface area contributed by atoms with E-state index in [1.54, 1.807) is 18.4 Å². The quantitative estimate of drug-likeness (QED) is 0.330. The smallest absolute Gasteiger partial charge is 0.191 e. The van der Waals surface area contributed by atoms with Crippen molar-refractivity contribution in [2.75, 3.05) is 26.0 Å². The Bertz CT molecular complexity index is 870. The third kappa shape index (κ3) is 5.07. The van der Waals surface area contributed by atoms with Crippen LogP contribution in [0.25, 0.3) is 10.8 Å². The lowest BCUT2D eigenvalue weighted by Gasteiger charge is -2.12. The van der Waals surface area contributed by atoms with Crippen LogP contribution in [0.3, 0.4) is 0 Å². The Morgan fingerprint density at radius 2 is 1.81 bits per heavy atom. The van der Waals surface area contributed by atoms with Crippen LogP contribution in [0.4, 0.5) is 5.13 Å². The maximum atomic E-state index is 4.57. The Balaban J connectivity index is 0.00000243. The zero-order valence-electron chi connectivity index (χ0n) is 15.2. The summed E-state index contributed by atoms with van der Waals surface area (Å²) in [6, 6.07) is 14.8. The number of thiazole rings is 1. The van der Waals surface area contributed by atoms with Gasteiger partial charge in [0.15, 0.2) is 11.1 Å². The van der Waals surface area contributed by atoms with Gasteiger partial charge in [0, 0.05) is 33.1 Å². The number of fused-ring (bicyclic) bond motifs is 1. The molecular weight excluding hydrogens is 457 g/mol. The molecule has 26 heavy (non-hydrogen) atoms. The van der Waals surface area contributed by atoms with Gasteiger partial charge in [0.1, 0.15) is 0 Å². The summed E-state index contributed by atoms with van der Waals surface area (Å²) in [5.41, 5.74) is 2.27. The fourth-order valence-electron chi connectivity index (χ4n) is 2.60.